The molecule has 0 aliphatic carbocycles. The van der Waals surface area contributed by atoms with Gasteiger partial charge in [-0.1, -0.05) is 18.2 Å². The number of benzene rings is 2. The molecular weight excluding hydrogens is 269 g/mol. The molecule has 4 nitrogen and oxygen atoms in total. The van der Waals surface area contributed by atoms with Crippen molar-refractivity contribution in [3.05, 3.63) is 64.2 Å². The highest BCUT2D eigenvalue weighted by molar-refractivity contribution is 5.81. The van der Waals surface area contributed by atoms with Gasteiger partial charge in [0.05, 0.1) is 16.6 Å². The summed E-state index contributed by atoms with van der Waals surface area (Å²) in [6, 6.07) is 11.9. The summed E-state index contributed by atoms with van der Waals surface area (Å²) in [6.45, 7) is 1.09. The number of fused-ring (bicyclic) bond motifs is 1. The van der Waals surface area contributed by atoms with Crippen molar-refractivity contribution in [2.45, 2.75) is 13.6 Å². The van der Waals surface area contributed by atoms with Gasteiger partial charge in [-0.05, 0) is 31.2 Å². The van der Waals surface area contributed by atoms with Crippen molar-refractivity contribution in [1.82, 2.24) is 9.55 Å². The summed E-state index contributed by atoms with van der Waals surface area (Å²) in [5.74, 6) is 0.512. The molecule has 2 N–H and O–H groups in total. The Morgan fingerprint density at radius 3 is 2.76 bits per heavy atom. The Balaban J connectivity index is 2.40. The fourth-order valence-corrected chi connectivity index (χ4v) is 2.44. The highest BCUT2D eigenvalue weighted by Gasteiger charge is 2.12. The summed E-state index contributed by atoms with van der Waals surface area (Å²) in [5.41, 5.74) is 7.54. The van der Waals surface area contributed by atoms with Gasteiger partial charge in [0.2, 0.25) is 0 Å². The van der Waals surface area contributed by atoms with Crippen LogP contribution in [0.3, 0.4) is 0 Å². The fourth-order valence-electron chi connectivity index (χ4n) is 2.44. The number of anilines is 1. The van der Waals surface area contributed by atoms with Crippen LogP contribution in [0.4, 0.5) is 10.1 Å². The van der Waals surface area contributed by atoms with E-state index in [2.05, 4.69) is 4.98 Å². The fraction of sp³-hybridized carbons (Fsp3) is 0.125. The van der Waals surface area contributed by atoms with Crippen LogP contribution in [0.2, 0.25) is 0 Å². The van der Waals surface area contributed by atoms with E-state index in [9.17, 15) is 9.18 Å². The Morgan fingerprint density at radius 2 is 2.00 bits per heavy atom. The number of nitrogens with two attached hydrogens (primary N) is 1. The first-order chi connectivity index (χ1) is 10.1. The van der Waals surface area contributed by atoms with Crippen LogP contribution in [0.5, 0.6) is 0 Å². The molecule has 106 valence electrons. The van der Waals surface area contributed by atoms with E-state index < -0.39 is 6.67 Å². The van der Waals surface area contributed by atoms with E-state index in [-0.39, 0.29) is 5.56 Å². The van der Waals surface area contributed by atoms with Crippen molar-refractivity contribution >= 4 is 16.6 Å². The molecule has 0 atom stereocenters. The van der Waals surface area contributed by atoms with Gasteiger partial charge in [0, 0.05) is 11.3 Å². The lowest BCUT2D eigenvalue weighted by Gasteiger charge is -2.13. The van der Waals surface area contributed by atoms with E-state index in [1.807, 2.05) is 0 Å². The smallest absolute Gasteiger partial charge is 0.266 e. The number of alkyl halides is 1. The van der Waals surface area contributed by atoms with Crippen molar-refractivity contribution in [1.29, 1.82) is 0 Å². The highest BCUT2D eigenvalue weighted by Crippen LogP contribution is 2.18. The molecule has 0 aliphatic heterocycles. The number of aryl methyl sites for hydroxylation is 1. The number of hydrogen-bond acceptors (Lipinski definition) is 3. The lowest BCUT2D eigenvalue weighted by molar-refractivity contribution is 0.483. The van der Waals surface area contributed by atoms with Gasteiger partial charge >= 0.3 is 0 Å². The number of rotatable bonds is 2. The standard InChI is InChI=1S/C16H14FN3O/c1-10-19-14-7-6-12(18)8-13(14)16(21)20(10)15-5-3-2-4-11(15)9-17/h2-8H,9,18H2,1H3. The minimum absolute atomic E-state index is 0.245. The van der Waals surface area contributed by atoms with Gasteiger partial charge in [0.15, 0.2) is 0 Å². The van der Waals surface area contributed by atoms with Gasteiger partial charge in [-0.3, -0.25) is 9.36 Å². The minimum Gasteiger partial charge on any atom is -0.399 e. The van der Waals surface area contributed by atoms with Crippen LogP contribution in [0.25, 0.3) is 16.6 Å². The lowest BCUT2D eigenvalue weighted by Crippen LogP contribution is -2.23. The maximum absolute atomic E-state index is 13.2. The molecule has 3 aromatic rings. The molecular formula is C16H14FN3O. The van der Waals surface area contributed by atoms with Gasteiger partial charge in [-0.2, -0.15) is 0 Å². The van der Waals surface area contributed by atoms with Crippen molar-refractivity contribution in [3.63, 3.8) is 0 Å². The molecule has 2 aromatic carbocycles. The average Bonchev–Trinajstić information content (AvgIpc) is 2.49. The molecule has 0 amide bonds. The predicted octanol–water partition coefficient (Wildman–Crippen LogP) is 2.75. The van der Waals surface area contributed by atoms with Crippen molar-refractivity contribution in [2.24, 2.45) is 0 Å². The van der Waals surface area contributed by atoms with E-state index in [1.54, 1.807) is 49.4 Å². The third kappa shape index (κ3) is 2.16. The molecule has 0 saturated carbocycles. The van der Waals surface area contributed by atoms with Gasteiger partial charge in [0.1, 0.15) is 12.5 Å². The van der Waals surface area contributed by atoms with Crippen molar-refractivity contribution in [2.75, 3.05) is 5.73 Å². The van der Waals surface area contributed by atoms with Crippen LogP contribution in [0.15, 0.2) is 47.3 Å². The Bertz CT molecular complexity index is 886. The molecule has 0 unspecified atom stereocenters. The van der Waals surface area contributed by atoms with E-state index in [0.29, 0.717) is 33.7 Å². The maximum Gasteiger partial charge on any atom is 0.266 e. The molecule has 0 bridgehead atoms. The van der Waals surface area contributed by atoms with Crippen LogP contribution in [0, 0.1) is 6.92 Å². The van der Waals surface area contributed by atoms with Gasteiger partial charge in [-0.25, -0.2) is 9.37 Å². The molecule has 0 saturated heterocycles. The van der Waals surface area contributed by atoms with Crippen molar-refractivity contribution < 1.29 is 4.39 Å². The number of nitrogens with zero attached hydrogens (tertiary/aromatic N) is 2. The molecule has 1 heterocycles. The van der Waals surface area contributed by atoms with E-state index in [4.69, 9.17) is 5.73 Å². The SMILES string of the molecule is Cc1nc2ccc(N)cc2c(=O)n1-c1ccccc1CF. The number of para-hydroxylation sites is 1. The molecule has 0 spiro atoms. The zero-order chi connectivity index (χ0) is 15.0. The third-order valence-electron chi connectivity index (χ3n) is 3.44. The number of halogens is 1. The van der Waals surface area contributed by atoms with E-state index in [0.717, 1.165) is 0 Å². The first-order valence-electron chi connectivity index (χ1n) is 6.55. The Labute approximate surface area is 120 Å². The zero-order valence-corrected chi connectivity index (χ0v) is 11.5. The van der Waals surface area contributed by atoms with Gasteiger partial charge < -0.3 is 5.73 Å². The van der Waals surface area contributed by atoms with Crippen molar-refractivity contribution in [3.8, 4) is 5.69 Å². The summed E-state index contributed by atoms with van der Waals surface area (Å²) >= 11 is 0. The molecule has 5 heteroatoms. The first kappa shape index (κ1) is 13.3. The number of nitrogen functional groups attached to an aromatic ring is 1. The molecule has 1 aromatic heterocycles. The molecule has 0 fully saturated rings. The molecule has 0 radical (unpaired) electrons. The maximum atomic E-state index is 13.2. The first-order valence-corrected chi connectivity index (χ1v) is 6.55. The van der Waals surface area contributed by atoms with Crippen LogP contribution in [-0.2, 0) is 6.67 Å². The number of aromatic nitrogens is 2. The second-order valence-electron chi connectivity index (χ2n) is 4.84. The second kappa shape index (κ2) is 5.01. The topological polar surface area (TPSA) is 60.9 Å². The van der Waals surface area contributed by atoms with Gasteiger partial charge in [-0.15, -0.1) is 0 Å². The normalized spacial score (nSPS) is 11.0. The summed E-state index contributed by atoms with van der Waals surface area (Å²) in [6.07, 6.45) is 0. The van der Waals surface area contributed by atoms with Crippen LogP contribution >= 0.6 is 0 Å². The molecule has 21 heavy (non-hydrogen) atoms. The minimum atomic E-state index is -0.642. The Morgan fingerprint density at radius 1 is 1.24 bits per heavy atom. The third-order valence-corrected chi connectivity index (χ3v) is 3.44. The predicted molar refractivity (Wildman–Crippen MR) is 81.3 cm³/mol. The lowest BCUT2D eigenvalue weighted by atomic mass is 10.1. The number of hydrogen-bond donors (Lipinski definition) is 1. The second-order valence-corrected chi connectivity index (χ2v) is 4.84. The summed E-state index contributed by atoms with van der Waals surface area (Å²) in [5, 5.41) is 0.425. The van der Waals surface area contributed by atoms with Crippen LogP contribution in [-0.4, -0.2) is 9.55 Å². The summed E-state index contributed by atoms with van der Waals surface area (Å²) in [7, 11) is 0. The van der Waals surface area contributed by atoms with Crippen LogP contribution < -0.4 is 11.3 Å². The highest BCUT2D eigenvalue weighted by atomic mass is 19.1. The van der Waals surface area contributed by atoms with Crippen LogP contribution in [0.1, 0.15) is 11.4 Å². The average molecular weight is 283 g/mol. The quantitative estimate of drug-likeness (QED) is 0.736. The Kier molecular flexibility index (Phi) is 3.17. The molecule has 3 rings (SSSR count). The molecule has 0 aliphatic rings. The van der Waals surface area contributed by atoms with E-state index in [1.165, 1.54) is 4.57 Å². The Hall–Kier alpha value is -2.69. The largest absolute Gasteiger partial charge is 0.399 e. The summed E-state index contributed by atoms with van der Waals surface area (Å²) < 4.78 is 14.6. The van der Waals surface area contributed by atoms with E-state index >= 15 is 0 Å². The monoisotopic (exact) mass is 283 g/mol. The summed E-state index contributed by atoms with van der Waals surface area (Å²) in [4.78, 5) is 17.1. The zero-order valence-electron chi connectivity index (χ0n) is 11.5. The van der Waals surface area contributed by atoms with Gasteiger partial charge in [0.25, 0.3) is 5.56 Å².